The first kappa shape index (κ1) is 18.5. The van der Waals surface area contributed by atoms with Crippen molar-refractivity contribution < 1.29 is 0 Å². The predicted molar refractivity (Wildman–Crippen MR) is 113 cm³/mol. The van der Waals surface area contributed by atoms with Crippen LogP contribution in [-0.4, -0.2) is 32.6 Å². The molecular formula is C21H28N4S. The molecule has 2 aromatic rings. The fourth-order valence-corrected chi connectivity index (χ4v) is 3.87. The first-order chi connectivity index (χ1) is 12.6. The number of hydrogen-bond acceptors (Lipinski definition) is 3. The number of guanidine groups is 1. The van der Waals surface area contributed by atoms with Crippen LogP contribution in [0.3, 0.4) is 0 Å². The summed E-state index contributed by atoms with van der Waals surface area (Å²) in [6, 6.07) is 13.0. The van der Waals surface area contributed by atoms with E-state index in [-0.39, 0.29) is 5.41 Å². The molecule has 5 heteroatoms. The van der Waals surface area contributed by atoms with Gasteiger partial charge in [-0.05, 0) is 29.1 Å². The van der Waals surface area contributed by atoms with Gasteiger partial charge in [0.1, 0.15) is 0 Å². The Labute approximate surface area is 160 Å². The molecule has 1 aromatic carbocycles. The summed E-state index contributed by atoms with van der Waals surface area (Å²) in [4.78, 5) is 8.11. The second-order valence-electron chi connectivity index (χ2n) is 7.19. The summed E-state index contributed by atoms with van der Waals surface area (Å²) in [6.07, 6.45) is 4.43. The van der Waals surface area contributed by atoms with Crippen LogP contribution in [0.2, 0.25) is 0 Å². The van der Waals surface area contributed by atoms with Gasteiger partial charge in [-0.25, -0.2) is 0 Å². The lowest BCUT2D eigenvalue weighted by molar-refractivity contribution is 0.518. The van der Waals surface area contributed by atoms with Crippen molar-refractivity contribution in [3.05, 3.63) is 64.4 Å². The van der Waals surface area contributed by atoms with Gasteiger partial charge in [-0.15, -0.1) is 11.3 Å². The van der Waals surface area contributed by atoms with E-state index in [4.69, 9.17) is 0 Å². The molecule has 26 heavy (non-hydrogen) atoms. The number of nitrogens with one attached hydrogen (secondary N) is 2. The maximum absolute atomic E-state index is 4.36. The number of thiophene rings is 1. The summed E-state index contributed by atoms with van der Waals surface area (Å²) in [6.45, 7) is 8.11. The number of hydrogen-bond donors (Lipinski definition) is 2. The maximum atomic E-state index is 4.36. The van der Waals surface area contributed by atoms with Crippen molar-refractivity contribution in [2.24, 2.45) is 4.99 Å². The smallest absolute Gasteiger partial charge is 0.191 e. The zero-order valence-corrected chi connectivity index (χ0v) is 16.6. The zero-order valence-electron chi connectivity index (χ0n) is 15.8. The molecule has 1 aliphatic rings. The SMILES string of the molecule is CN=C(NCc1cccc(N2CC=CC2)c1)NCC(C)(C)c1cccs1. The molecule has 0 unspecified atom stereocenters. The Bertz CT molecular complexity index is 754. The first-order valence-corrected chi connectivity index (χ1v) is 9.94. The van der Waals surface area contributed by atoms with Gasteiger partial charge in [0, 0.05) is 49.2 Å². The fourth-order valence-electron chi connectivity index (χ4n) is 3.01. The fraction of sp³-hybridized carbons (Fsp3) is 0.381. The van der Waals surface area contributed by atoms with Crippen molar-refractivity contribution in [3.8, 4) is 0 Å². The lowest BCUT2D eigenvalue weighted by Crippen LogP contribution is -2.42. The van der Waals surface area contributed by atoms with Crippen molar-refractivity contribution in [3.63, 3.8) is 0 Å². The molecule has 0 atom stereocenters. The minimum absolute atomic E-state index is 0.0778. The van der Waals surface area contributed by atoms with Crippen LogP contribution < -0.4 is 15.5 Å². The molecule has 138 valence electrons. The Hall–Kier alpha value is -2.27. The molecule has 4 nitrogen and oxygen atoms in total. The molecule has 0 saturated heterocycles. The molecule has 0 bridgehead atoms. The van der Waals surface area contributed by atoms with Crippen molar-refractivity contribution >= 4 is 23.0 Å². The van der Waals surface area contributed by atoms with Crippen LogP contribution in [-0.2, 0) is 12.0 Å². The van der Waals surface area contributed by atoms with Crippen molar-refractivity contribution in [1.29, 1.82) is 0 Å². The van der Waals surface area contributed by atoms with Gasteiger partial charge < -0.3 is 15.5 Å². The van der Waals surface area contributed by atoms with E-state index in [0.717, 1.165) is 32.1 Å². The molecule has 1 aliphatic heterocycles. The standard InChI is InChI=1S/C21H28N4S/c1-21(2,19-10-7-13-26-19)16-24-20(22-3)23-15-17-8-6-9-18(14-17)25-11-4-5-12-25/h4-10,13-14H,11-12,15-16H2,1-3H3,(H2,22,23,24). The van der Waals surface area contributed by atoms with Gasteiger partial charge in [0.2, 0.25) is 0 Å². The van der Waals surface area contributed by atoms with Gasteiger partial charge >= 0.3 is 0 Å². The predicted octanol–water partition coefficient (Wildman–Crippen LogP) is 3.77. The number of benzene rings is 1. The molecule has 3 rings (SSSR count). The Balaban J connectivity index is 1.53. The highest BCUT2D eigenvalue weighted by atomic mass is 32.1. The third kappa shape index (κ3) is 4.67. The number of nitrogens with zero attached hydrogens (tertiary/aromatic N) is 2. The summed E-state index contributed by atoms with van der Waals surface area (Å²) in [7, 11) is 1.82. The Morgan fingerprint density at radius 1 is 1.15 bits per heavy atom. The number of aliphatic imine (C=N–C) groups is 1. The van der Waals surface area contributed by atoms with Gasteiger partial charge in [-0.2, -0.15) is 0 Å². The molecule has 0 radical (unpaired) electrons. The quantitative estimate of drug-likeness (QED) is 0.463. The van der Waals surface area contributed by atoms with Gasteiger partial charge in [0.25, 0.3) is 0 Å². The van der Waals surface area contributed by atoms with Crippen LogP contribution in [0.25, 0.3) is 0 Å². The Morgan fingerprint density at radius 3 is 2.65 bits per heavy atom. The first-order valence-electron chi connectivity index (χ1n) is 9.06. The van der Waals surface area contributed by atoms with Crippen LogP contribution in [0.1, 0.15) is 24.3 Å². The number of rotatable bonds is 6. The Morgan fingerprint density at radius 2 is 1.96 bits per heavy atom. The molecule has 2 heterocycles. The summed E-state index contributed by atoms with van der Waals surface area (Å²) in [5.74, 6) is 0.836. The minimum Gasteiger partial charge on any atom is -0.364 e. The van der Waals surface area contributed by atoms with Crippen LogP contribution in [0.4, 0.5) is 5.69 Å². The van der Waals surface area contributed by atoms with E-state index in [2.05, 4.69) is 88.3 Å². The summed E-state index contributed by atoms with van der Waals surface area (Å²) in [5.41, 5.74) is 2.61. The lowest BCUT2D eigenvalue weighted by Gasteiger charge is -2.25. The highest BCUT2D eigenvalue weighted by Gasteiger charge is 2.21. The van der Waals surface area contributed by atoms with Gasteiger partial charge in [0.05, 0.1) is 0 Å². The minimum atomic E-state index is 0.0778. The molecule has 0 amide bonds. The average molecular weight is 369 g/mol. The van der Waals surface area contributed by atoms with Crippen LogP contribution in [0.5, 0.6) is 0 Å². The lowest BCUT2D eigenvalue weighted by atomic mass is 9.91. The number of anilines is 1. The summed E-state index contributed by atoms with van der Waals surface area (Å²) >= 11 is 1.80. The van der Waals surface area contributed by atoms with E-state index in [1.807, 2.05) is 7.05 Å². The third-order valence-corrected chi connectivity index (χ3v) is 5.90. The summed E-state index contributed by atoms with van der Waals surface area (Å²) < 4.78 is 0. The van der Waals surface area contributed by atoms with E-state index in [9.17, 15) is 0 Å². The highest BCUT2D eigenvalue weighted by Crippen LogP contribution is 2.26. The third-order valence-electron chi connectivity index (χ3n) is 4.66. The maximum Gasteiger partial charge on any atom is 0.191 e. The average Bonchev–Trinajstić information content (AvgIpc) is 3.36. The Kier molecular flexibility index (Phi) is 5.99. The normalized spacial score (nSPS) is 14.7. The second-order valence-corrected chi connectivity index (χ2v) is 8.13. The zero-order chi connectivity index (χ0) is 18.4. The molecule has 0 spiro atoms. The second kappa shape index (κ2) is 8.41. The van der Waals surface area contributed by atoms with E-state index in [1.54, 1.807) is 11.3 Å². The van der Waals surface area contributed by atoms with Crippen LogP contribution >= 0.6 is 11.3 Å². The van der Waals surface area contributed by atoms with Crippen LogP contribution in [0, 0.1) is 0 Å². The van der Waals surface area contributed by atoms with Crippen molar-refractivity contribution in [2.75, 3.05) is 31.6 Å². The molecule has 0 saturated carbocycles. The van der Waals surface area contributed by atoms with Gasteiger partial charge in [-0.1, -0.05) is 44.2 Å². The molecular weight excluding hydrogens is 340 g/mol. The topological polar surface area (TPSA) is 39.7 Å². The van der Waals surface area contributed by atoms with E-state index in [1.165, 1.54) is 16.1 Å². The van der Waals surface area contributed by atoms with Gasteiger partial charge in [0.15, 0.2) is 5.96 Å². The van der Waals surface area contributed by atoms with Gasteiger partial charge in [-0.3, -0.25) is 4.99 Å². The van der Waals surface area contributed by atoms with E-state index in [0.29, 0.717) is 0 Å². The summed E-state index contributed by atoms with van der Waals surface area (Å²) in [5, 5.41) is 9.02. The van der Waals surface area contributed by atoms with E-state index >= 15 is 0 Å². The molecule has 1 aromatic heterocycles. The molecule has 2 N–H and O–H groups in total. The van der Waals surface area contributed by atoms with E-state index < -0.39 is 0 Å². The van der Waals surface area contributed by atoms with Crippen LogP contribution in [0.15, 0.2) is 58.9 Å². The van der Waals surface area contributed by atoms with Crippen molar-refractivity contribution in [1.82, 2.24) is 10.6 Å². The molecule has 0 aliphatic carbocycles. The van der Waals surface area contributed by atoms with Crippen molar-refractivity contribution in [2.45, 2.75) is 25.8 Å². The monoisotopic (exact) mass is 368 g/mol. The largest absolute Gasteiger partial charge is 0.364 e. The highest BCUT2D eigenvalue weighted by molar-refractivity contribution is 7.10. The molecule has 0 fully saturated rings.